The molecular weight excluding hydrogens is 383 g/mol. The Morgan fingerprint density at radius 1 is 1.31 bits per heavy atom. The number of benzene rings is 1. The molecule has 2 aliphatic heterocycles. The van der Waals surface area contributed by atoms with Crippen LogP contribution in [0, 0.1) is 0 Å². The fourth-order valence-electron chi connectivity index (χ4n) is 3.45. The summed E-state index contributed by atoms with van der Waals surface area (Å²) in [5, 5.41) is 5.45. The van der Waals surface area contributed by atoms with Gasteiger partial charge < -0.3 is 5.32 Å². The Balaban J connectivity index is 0.00000169. The smallest absolute Gasteiger partial charge is 0.262 e. The Labute approximate surface area is 165 Å². The first-order valence-electron chi connectivity index (χ1n) is 8.48. The summed E-state index contributed by atoms with van der Waals surface area (Å²) >= 11 is 0. The third-order valence-electron chi connectivity index (χ3n) is 5.11. The Morgan fingerprint density at radius 2 is 1.96 bits per heavy atom. The molecule has 4 nitrogen and oxygen atoms in total. The van der Waals surface area contributed by atoms with Crippen molar-refractivity contribution in [1.29, 1.82) is 0 Å². The molecule has 0 aromatic heterocycles. The van der Waals surface area contributed by atoms with Crippen molar-refractivity contribution in [3.05, 3.63) is 35.4 Å². The number of alkyl halides is 2. The highest BCUT2D eigenvalue weighted by molar-refractivity contribution is 5.85. The van der Waals surface area contributed by atoms with Crippen LogP contribution in [0.1, 0.15) is 31.4 Å². The highest BCUT2D eigenvalue weighted by atomic mass is 35.5. The quantitative estimate of drug-likeness (QED) is 0.803. The van der Waals surface area contributed by atoms with Crippen LogP contribution in [-0.2, 0) is 17.8 Å². The number of rotatable bonds is 4. The van der Waals surface area contributed by atoms with Crippen molar-refractivity contribution in [3.63, 3.8) is 0 Å². The highest BCUT2D eigenvalue weighted by Crippen LogP contribution is 2.26. The van der Waals surface area contributed by atoms with E-state index >= 15 is 0 Å². The maximum Gasteiger partial charge on any atom is 0.262 e. The summed E-state index contributed by atoms with van der Waals surface area (Å²) < 4.78 is 26.4. The molecule has 1 fully saturated rings. The van der Waals surface area contributed by atoms with E-state index in [1.807, 2.05) is 6.07 Å². The molecule has 0 radical (unpaired) electrons. The summed E-state index contributed by atoms with van der Waals surface area (Å²) in [5.74, 6) is -3.12. The molecule has 2 heterocycles. The van der Waals surface area contributed by atoms with Crippen LogP contribution in [0.5, 0.6) is 0 Å². The van der Waals surface area contributed by atoms with Gasteiger partial charge in [-0.2, -0.15) is 0 Å². The number of carbonyl (C=O) groups excluding carboxylic acids is 1. The summed E-state index contributed by atoms with van der Waals surface area (Å²) in [6.07, 6.45) is 0.570. The van der Waals surface area contributed by atoms with E-state index in [1.165, 1.54) is 11.1 Å². The van der Waals surface area contributed by atoms with Gasteiger partial charge in [0, 0.05) is 31.6 Å². The van der Waals surface area contributed by atoms with Crippen molar-refractivity contribution in [3.8, 4) is 0 Å². The molecule has 1 aromatic carbocycles. The van der Waals surface area contributed by atoms with Gasteiger partial charge in [0.05, 0.1) is 12.6 Å². The second-order valence-corrected chi connectivity index (χ2v) is 7.46. The van der Waals surface area contributed by atoms with Crippen LogP contribution < -0.4 is 10.6 Å². The predicted octanol–water partition coefficient (Wildman–Crippen LogP) is 2.78. The van der Waals surface area contributed by atoms with Gasteiger partial charge in [-0.3, -0.25) is 15.0 Å². The second kappa shape index (κ2) is 8.83. The molecule has 0 aliphatic carbocycles. The molecule has 2 N–H and O–H groups in total. The minimum Gasteiger partial charge on any atom is -0.353 e. The van der Waals surface area contributed by atoms with Crippen molar-refractivity contribution in [2.75, 3.05) is 19.6 Å². The van der Waals surface area contributed by atoms with Gasteiger partial charge >= 0.3 is 0 Å². The lowest BCUT2D eigenvalue weighted by molar-refractivity contribution is -0.124. The molecule has 26 heavy (non-hydrogen) atoms. The summed E-state index contributed by atoms with van der Waals surface area (Å²) in [5.41, 5.74) is 2.47. The third kappa shape index (κ3) is 5.28. The maximum absolute atomic E-state index is 13.2. The molecule has 8 heteroatoms. The molecule has 0 saturated carbocycles. The van der Waals surface area contributed by atoms with E-state index in [0.717, 1.165) is 19.5 Å². The lowest BCUT2D eigenvalue weighted by Gasteiger charge is -2.41. The Hall–Kier alpha value is -0.950. The van der Waals surface area contributed by atoms with Gasteiger partial charge in [-0.25, -0.2) is 8.78 Å². The van der Waals surface area contributed by atoms with E-state index in [-0.39, 0.29) is 36.3 Å². The molecule has 1 amide bonds. The van der Waals surface area contributed by atoms with E-state index in [4.69, 9.17) is 0 Å². The van der Waals surface area contributed by atoms with Crippen LogP contribution in [0.3, 0.4) is 0 Å². The fourth-order valence-corrected chi connectivity index (χ4v) is 3.45. The van der Waals surface area contributed by atoms with Crippen LogP contribution >= 0.6 is 24.8 Å². The normalized spacial score (nSPS) is 21.9. The van der Waals surface area contributed by atoms with E-state index < -0.39 is 24.9 Å². The minimum atomic E-state index is -2.78. The molecule has 1 atom stereocenters. The van der Waals surface area contributed by atoms with Crippen LogP contribution in [0.4, 0.5) is 8.78 Å². The number of hydrogen-bond acceptors (Lipinski definition) is 3. The van der Waals surface area contributed by atoms with Crippen molar-refractivity contribution in [2.24, 2.45) is 0 Å². The van der Waals surface area contributed by atoms with Gasteiger partial charge in [-0.15, -0.1) is 24.8 Å². The number of carbonyl (C=O) groups is 1. The highest BCUT2D eigenvalue weighted by Gasteiger charge is 2.42. The minimum absolute atomic E-state index is 0. The lowest BCUT2D eigenvalue weighted by Crippen LogP contribution is -2.54. The zero-order valence-electron chi connectivity index (χ0n) is 15.1. The largest absolute Gasteiger partial charge is 0.353 e. The van der Waals surface area contributed by atoms with Crippen LogP contribution in [-0.4, -0.2) is 47.9 Å². The van der Waals surface area contributed by atoms with E-state index in [2.05, 4.69) is 47.6 Å². The molecule has 1 saturated heterocycles. The zero-order chi connectivity index (χ0) is 17.4. The predicted molar refractivity (Wildman–Crippen MR) is 103 cm³/mol. The molecule has 148 valence electrons. The van der Waals surface area contributed by atoms with Gasteiger partial charge in [-0.05, 0) is 31.4 Å². The molecule has 3 rings (SSSR count). The lowest BCUT2D eigenvalue weighted by atomic mass is 9.94. The molecule has 2 aliphatic rings. The van der Waals surface area contributed by atoms with E-state index in [9.17, 15) is 13.6 Å². The standard InChI is InChI=1S/C18H25F2N3O.2ClH/c1-17(2,11-22-16(24)15-9-18(19,20)12-21-15)23-8-7-13-5-3-4-6-14(13)10-23;;/h3-6,15,21H,7-12H2,1-2H3,(H,22,24);2*1H. The van der Waals surface area contributed by atoms with E-state index in [0.29, 0.717) is 6.54 Å². The average Bonchev–Trinajstić information content (AvgIpc) is 2.92. The van der Waals surface area contributed by atoms with Gasteiger partial charge in [0.15, 0.2) is 0 Å². The number of halogens is 4. The first-order valence-corrected chi connectivity index (χ1v) is 8.48. The van der Waals surface area contributed by atoms with Crippen LogP contribution in [0.25, 0.3) is 0 Å². The first-order chi connectivity index (χ1) is 11.3. The van der Waals surface area contributed by atoms with Gasteiger partial charge in [0.1, 0.15) is 0 Å². The zero-order valence-corrected chi connectivity index (χ0v) is 16.7. The average molecular weight is 410 g/mol. The number of nitrogens with one attached hydrogen (secondary N) is 2. The Bertz CT molecular complexity index is 628. The summed E-state index contributed by atoms with van der Waals surface area (Å²) in [6, 6.07) is 7.61. The third-order valence-corrected chi connectivity index (χ3v) is 5.11. The summed E-state index contributed by atoms with van der Waals surface area (Å²) in [4.78, 5) is 14.5. The van der Waals surface area contributed by atoms with Crippen LogP contribution in [0.2, 0.25) is 0 Å². The maximum atomic E-state index is 13.2. The second-order valence-electron chi connectivity index (χ2n) is 7.46. The number of hydrogen-bond donors (Lipinski definition) is 2. The first kappa shape index (κ1) is 23.1. The SMILES string of the molecule is CC(C)(CNC(=O)C1CC(F)(F)CN1)N1CCc2ccccc2C1.Cl.Cl. The summed E-state index contributed by atoms with van der Waals surface area (Å²) in [7, 11) is 0. The van der Waals surface area contributed by atoms with Gasteiger partial charge in [-0.1, -0.05) is 24.3 Å². The van der Waals surface area contributed by atoms with Gasteiger partial charge in [0.25, 0.3) is 5.92 Å². The van der Waals surface area contributed by atoms with Crippen molar-refractivity contribution in [2.45, 2.75) is 50.7 Å². The van der Waals surface area contributed by atoms with E-state index in [1.54, 1.807) is 0 Å². The fraction of sp³-hybridized carbons (Fsp3) is 0.611. The van der Waals surface area contributed by atoms with Crippen molar-refractivity contribution >= 4 is 30.7 Å². The molecule has 0 spiro atoms. The van der Waals surface area contributed by atoms with Crippen molar-refractivity contribution < 1.29 is 13.6 Å². The number of amides is 1. The summed E-state index contributed by atoms with van der Waals surface area (Å²) in [6.45, 7) is 5.96. The van der Waals surface area contributed by atoms with Gasteiger partial charge in [0.2, 0.25) is 5.91 Å². The molecule has 0 bridgehead atoms. The Morgan fingerprint density at radius 3 is 2.58 bits per heavy atom. The molecule has 1 aromatic rings. The monoisotopic (exact) mass is 409 g/mol. The molecular formula is C18H27Cl2F2N3O. The Kier molecular flexibility index (Phi) is 7.84. The molecule has 1 unspecified atom stereocenters. The number of fused-ring (bicyclic) bond motifs is 1. The van der Waals surface area contributed by atoms with Crippen molar-refractivity contribution in [1.82, 2.24) is 15.5 Å². The number of nitrogens with zero attached hydrogens (tertiary/aromatic N) is 1. The topological polar surface area (TPSA) is 44.4 Å². The van der Waals surface area contributed by atoms with Crippen LogP contribution in [0.15, 0.2) is 24.3 Å².